The van der Waals surface area contributed by atoms with Crippen LogP contribution in [0.25, 0.3) is 0 Å². The minimum Gasteiger partial charge on any atom is -0.493 e. The van der Waals surface area contributed by atoms with Crippen LogP contribution in [0.4, 0.5) is 11.4 Å². The normalized spacial score (nSPS) is 12.4. The fraction of sp³-hybridized carbons (Fsp3) is 0.797. The molecule has 0 N–H and O–H groups in total. The lowest BCUT2D eigenvalue weighted by Crippen LogP contribution is -2.27. The maximum Gasteiger partial charge on any atom is 0.124 e. The number of hydrogen-bond acceptors (Lipinski definition) is 4. The van der Waals surface area contributed by atoms with Crippen molar-refractivity contribution in [1.82, 2.24) is 0 Å². The summed E-state index contributed by atoms with van der Waals surface area (Å²) < 4.78 is 13.2. The maximum atomic E-state index is 6.83. The molecule has 4 heteroatoms. The Balaban J connectivity index is 2.13. The van der Waals surface area contributed by atoms with Gasteiger partial charge in [0, 0.05) is 49.7 Å². The fourth-order valence-electron chi connectivity index (χ4n) is 9.67. The summed E-state index contributed by atoms with van der Waals surface area (Å²) in [5.41, 5.74) is 5.25. The molecule has 0 fully saturated rings. The van der Waals surface area contributed by atoms with Gasteiger partial charge in [0.2, 0.25) is 0 Å². The Kier molecular flexibility index (Phi) is 35.0. The van der Waals surface area contributed by atoms with Crippen LogP contribution in [-0.4, -0.2) is 39.4 Å². The number of benzene rings is 2. The quantitative estimate of drug-likeness (QED) is 0.0619. The lowest BCUT2D eigenvalue weighted by atomic mass is 9.81. The molecule has 4 nitrogen and oxygen atoms in total. The van der Waals surface area contributed by atoms with Gasteiger partial charge in [-0.05, 0) is 93.9 Å². The van der Waals surface area contributed by atoms with Crippen LogP contribution in [-0.2, 0) is 0 Å². The zero-order valence-corrected chi connectivity index (χ0v) is 43.5. The van der Waals surface area contributed by atoms with E-state index in [4.69, 9.17) is 9.47 Å². The third-order valence-corrected chi connectivity index (χ3v) is 14.0. The standard InChI is InChI=1S/C59H106N2O2/c1-9-15-20-25-27-29-33-45-60(46-34-30-28-26-21-16-10-2)56-41-40-53(8)59(51-56)63-49-43-55(37-31-22-17-11-3)54(14-6)38-36-47-61(44-32-23-18-12-4)57-42-39-52(7)58(50-57)62-48-35-24-19-13-5/h39-42,50-51,54-55H,9-38,43-49H2,1-8H3. The molecule has 63 heavy (non-hydrogen) atoms. The Bertz CT molecular complexity index is 1310. The van der Waals surface area contributed by atoms with Gasteiger partial charge in [-0.25, -0.2) is 0 Å². The topological polar surface area (TPSA) is 24.9 Å². The predicted molar refractivity (Wildman–Crippen MR) is 282 cm³/mol. The highest BCUT2D eigenvalue weighted by Gasteiger charge is 2.21. The zero-order valence-electron chi connectivity index (χ0n) is 43.5. The molecule has 2 atom stereocenters. The van der Waals surface area contributed by atoms with Crippen molar-refractivity contribution in [3.8, 4) is 11.5 Å². The number of unbranched alkanes of at least 4 members (excludes halogenated alkanes) is 21. The van der Waals surface area contributed by atoms with E-state index in [-0.39, 0.29) is 0 Å². The first kappa shape index (κ1) is 56.8. The molecular formula is C59H106N2O2. The van der Waals surface area contributed by atoms with Gasteiger partial charge in [0.05, 0.1) is 13.2 Å². The van der Waals surface area contributed by atoms with E-state index in [1.54, 1.807) is 0 Å². The van der Waals surface area contributed by atoms with Crippen molar-refractivity contribution in [3.05, 3.63) is 47.5 Å². The zero-order chi connectivity index (χ0) is 45.6. The third-order valence-electron chi connectivity index (χ3n) is 14.0. The number of aryl methyl sites for hydroxylation is 2. The smallest absolute Gasteiger partial charge is 0.124 e. The van der Waals surface area contributed by atoms with Crippen molar-refractivity contribution in [3.63, 3.8) is 0 Å². The molecule has 0 radical (unpaired) electrons. The van der Waals surface area contributed by atoms with E-state index in [2.05, 4.69) is 102 Å². The van der Waals surface area contributed by atoms with Gasteiger partial charge in [0.15, 0.2) is 0 Å². The second kappa shape index (κ2) is 38.9. The van der Waals surface area contributed by atoms with E-state index >= 15 is 0 Å². The molecule has 364 valence electrons. The van der Waals surface area contributed by atoms with Crippen LogP contribution in [0.1, 0.15) is 252 Å². The van der Waals surface area contributed by atoms with E-state index in [9.17, 15) is 0 Å². The first-order valence-corrected chi connectivity index (χ1v) is 27.9. The Hall–Kier alpha value is -2.36. The highest BCUT2D eigenvalue weighted by atomic mass is 16.5. The molecule has 2 aromatic rings. The molecular weight excluding hydrogens is 769 g/mol. The summed E-state index contributed by atoms with van der Waals surface area (Å²) in [5, 5.41) is 0. The van der Waals surface area contributed by atoms with Gasteiger partial charge in [-0.2, -0.15) is 0 Å². The van der Waals surface area contributed by atoms with Crippen LogP contribution in [0, 0.1) is 25.7 Å². The van der Waals surface area contributed by atoms with Crippen molar-refractivity contribution in [2.45, 2.75) is 254 Å². The van der Waals surface area contributed by atoms with E-state index in [0.29, 0.717) is 5.92 Å². The molecule has 0 bridgehead atoms. The Morgan fingerprint density at radius 2 is 0.730 bits per heavy atom. The van der Waals surface area contributed by atoms with E-state index in [1.807, 2.05) is 0 Å². The molecule has 0 aliphatic heterocycles. The molecule has 0 saturated carbocycles. The second-order valence-corrected chi connectivity index (χ2v) is 19.6. The first-order chi connectivity index (χ1) is 30.9. The maximum absolute atomic E-state index is 6.83. The van der Waals surface area contributed by atoms with Crippen molar-refractivity contribution in [2.75, 3.05) is 49.2 Å². The van der Waals surface area contributed by atoms with Gasteiger partial charge in [0.25, 0.3) is 0 Å². The highest BCUT2D eigenvalue weighted by molar-refractivity contribution is 5.54. The van der Waals surface area contributed by atoms with E-state index < -0.39 is 0 Å². The summed E-state index contributed by atoms with van der Waals surface area (Å²) in [7, 11) is 0. The minimum atomic E-state index is 0.714. The number of hydrogen-bond donors (Lipinski definition) is 0. The van der Waals surface area contributed by atoms with Crippen LogP contribution in [0.15, 0.2) is 36.4 Å². The van der Waals surface area contributed by atoms with Gasteiger partial charge in [-0.1, -0.05) is 208 Å². The number of rotatable bonds is 44. The van der Waals surface area contributed by atoms with Gasteiger partial charge < -0.3 is 19.3 Å². The van der Waals surface area contributed by atoms with Gasteiger partial charge in [-0.15, -0.1) is 0 Å². The SMILES string of the molecule is CCCCCCCCCN(CCCCCCCCC)c1ccc(C)c(OCCC(CCCCCC)C(CC)CCCN(CCCCCC)c2ccc(C)c(OCCCCCC)c2)c1. The summed E-state index contributed by atoms with van der Waals surface area (Å²) in [4.78, 5) is 5.38. The molecule has 0 saturated heterocycles. The lowest BCUT2D eigenvalue weighted by Gasteiger charge is -2.30. The summed E-state index contributed by atoms with van der Waals surface area (Å²) >= 11 is 0. The van der Waals surface area contributed by atoms with Gasteiger partial charge in [-0.3, -0.25) is 0 Å². The third kappa shape index (κ3) is 26.4. The van der Waals surface area contributed by atoms with Crippen LogP contribution < -0.4 is 19.3 Å². The molecule has 2 rings (SSSR count). The van der Waals surface area contributed by atoms with E-state index in [0.717, 1.165) is 69.7 Å². The summed E-state index contributed by atoms with van der Waals surface area (Å²) in [6.07, 6.45) is 40.9. The number of nitrogens with zero attached hydrogens (tertiary/aromatic N) is 2. The fourth-order valence-corrected chi connectivity index (χ4v) is 9.67. The molecule has 0 heterocycles. The second-order valence-electron chi connectivity index (χ2n) is 19.6. The van der Waals surface area contributed by atoms with Crippen molar-refractivity contribution in [2.24, 2.45) is 11.8 Å². The van der Waals surface area contributed by atoms with Crippen LogP contribution >= 0.6 is 0 Å². The summed E-state index contributed by atoms with van der Waals surface area (Å²) in [6, 6.07) is 14.1. The molecule has 2 aromatic carbocycles. The van der Waals surface area contributed by atoms with Gasteiger partial charge >= 0.3 is 0 Å². The molecule has 0 aliphatic carbocycles. The molecule has 0 spiro atoms. The van der Waals surface area contributed by atoms with Crippen molar-refractivity contribution >= 4 is 11.4 Å². The summed E-state index contributed by atoms with van der Waals surface area (Å²) in [5.74, 6) is 3.64. The molecule has 0 amide bonds. The Morgan fingerprint density at radius 1 is 0.365 bits per heavy atom. The average molecular weight is 876 g/mol. The molecule has 0 aliphatic rings. The molecule has 0 aromatic heterocycles. The average Bonchev–Trinajstić information content (AvgIpc) is 3.29. The predicted octanol–water partition coefficient (Wildman–Crippen LogP) is 18.8. The van der Waals surface area contributed by atoms with Gasteiger partial charge in [0.1, 0.15) is 11.5 Å². The highest BCUT2D eigenvalue weighted by Crippen LogP contribution is 2.33. The Morgan fingerprint density at radius 3 is 1.19 bits per heavy atom. The van der Waals surface area contributed by atoms with Crippen LogP contribution in [0.2, 0.25) is 0 Å². The minimum absolute atomic E-state index is 0.714. The number of ether oxygens (including phenoxy) is 2. The monoisotopic (exact) mass is 875 g/mol. The van der Waals surface area contributed by atoms with Crippen molar-refractivity contribution < 1.29 is 9.47 Å². The summed E-state index contributed by atoms with van der Waals surface area (Å²) in [6.45, 7) is 24.7. The van der Waals surface area contributed by atoms with Crippen molar-refractivity contribution in [1.29, 1.82) is 0 Å². The van der Waals surface area contributed by atoms with E-state index in [1.165, 1.54) is 209 Å². The largest absolute Gasteiger partial charge is 0.493 e. The number of anilines is 2. The van der Waals surface area contributed by atoms with Crippen LogP contribution in [0.3, 0.4) is 0 Å². The Labute approximate surface area is 393 Å². The first-order valence-electron chi connectivity index (χ1n) is 27.9. The van der Waals surface area contributed by atoms with Crippen LogP contribution in [0.5, 0.6) is 11.5 Å². The molecule has 2 unspecified atom stereocenters. The lowest BCUT2D eigenvalue weighted by molar-refractivity contribution is 0.206.